The van der Waals surface area contributed by atoms with Crippen LogP contribution in [0.2, 0.25) is 0 Å². The molecule has 0 aromatic heterocycles. The van der Waals surface area contributed by atoms with E-state index in [-0.39, 0.29) is 0 Å². The first-order valence-electron chi connectivity index (χ1n) is 5.53. The lowest BCUT2D eigenvalue weighted by molar-refractivity contribution is -0.132. The molecule has 0 fully saturated rings. The van der Waals surface area contributed by atoms with Crippen molar-refractivity contribution < 1.29 is 14.6 Å². The van der Waals surface area contributed by atoms with Crippen LogP contribution in [0.1, 0.15) is 12.0 Å². The summed E-state index contributed by atoms with van der Waals surface area (Å²) in [5.41, 5.74) is 2.32. The molecule has 1 aromatic carbocycles. The molecular weight excluding hydrogens is 218 g/mol. The van der Waals surface area contributed by atoms with Crippen LogP contribution in [0, 0.1) is 0 Å². The topological polar surface area (TPSA) is 58.6 Å². The largest absolute Gasteiger partial charge is 0.497 e. The van der Waals surface area contributed by atoms with Crippen molar-refractivity contribution in [3.05, 3.63) is 35.4 Å². The van der Waals surface area contributed by atoms with E-state index in [9.17, 15) is 4.79 Å². The van der Waals surface area contributed by atoms with Crippen molar-refractivity contribution in [2.24, 2.45) is 0 Å². The lowest BCUT2D eigenvalue weighted by Gasteiger charge is -2.19. The number of nitrogens with one attached hydrogen (secondary N) is 1. The summed E-state index contributed by atoms with van der Waals surface area (Å²) < 4.78 is 5.08. The van der Waals surface area contributed by atoms with E-state index in [4.69, 9.17) is 9.84 Å². The Morgan fingerprint density at radius 3 is 2.65 bits per heavy atom. The van der Waals surface area contributed by atoms with Crippen molar-refractivity contribution in [1.82, 2.24) is 5.32 Å². The molecule has 1 aliphatic heterocycles. The van der Waals surface area contributed by atoms with Crippen LogP contribution in [0.5, 0.6) is 5.75 Å². The van der Waals surface area contributed by atoms with Crippen molar-refractivity contribution in [2.75, 3.05) is 20.2 Å². The van der Waals surface area contributed by atoms with Gasteiger partial charge in [0.2, 0.25) is 0 Å². The van der Waals surface area contributed by atoms with Gasteiger partial charge in [0.05, 0.1) is 7.11 Å². The van der Waals surface area contributed by atoms with Gasteiger partial charge in [-0.25, -0.2) is 4.79 Å². The average molecular weight is 233 g/mol. The van der Waals surface area contributed by atoms with Crippen LogP contribution >= 0.6 is 0 Å². The number of hydrogen-bond acceptors (Lipinski definition) is 3. The van der Waals surface area contributed by atoms with Crippen molar-refractivity contribution in [2.45, 2.75) is 6.42 Å². The Labute approximate surface area is 99.9 Å². The second-order valence-corrected chi connectivity index (χ2v) is 3.92. The zero-order valence-electron chi connectivity index (χ0n) is 9.69. The van der Waals surface area contributed by atoms with Gasteiger partial charge in [0.1, 0.15) is 5.75 Å². The first kappa shape index (κ1) is 11.7. The zero-order valence-corrected chi connectivity index (χ0v) is 9.69. The fourth-order valence-electron chi connectivity index (χ4n) is 1.99. The number of aliphatic carboxylic acids is 1. The molecule has 4 heteroatoms. The van der Waals surface area contributed by atoms with E-state index >= 15 is 0 Å². The molecule has 1 heterocycles. The molecule has 1 aromatic rings. The van der Waals surface area contributed by atoms with Crippen LogP contribution in [-0.4, -0.2) is 31.3 Å². The van der Waals surface area contributed by atoms with Gasteiger partial charge in [0.25, 0.3) is 0 Å². The summed E-state index contributed by atoms with van der Waals surface area (Å²) in [6, 6.07) is 7.47. The lowest BCUT2D eigenvalue weighted by atomic mass is 9.95. The van der Waals surface area contributed by atoms with Crippen LogP contribution in [0.15, 0.2) is 29.8 Å². The molecule has 0 bridgehead atoms. The van der Waals surface area contributed by atoms with Crippen LogP contribution in [0.4, 0.5) is 0 Å². The Morgan fingerprint density at radius 1 is 1.35 bits per heavy atom. The summed E-state index contributed by atoms with van der Waals surface area (Å²) in [6.45, 7) is 1.33. The predicted octanol–water partition coefficient (Wildman–Crippen LogP) is 1.53. The quantitative estimate of drug-likeness (QED) is 0.831. The van der Waals surface area contributed by atoms with Gasteiger partial charge >= 0.3 is 5.97 Å². The van der Waals surface area contributed by atoms with Gasteiger partial charge in [-0.2, -0.15) is 0 Å². The predicted molar refractivity (Wildman–Crippen MR) is 65.0 cm³/mol. The molecule has 0 saturated heterocycles. The monoisotopic (exact) mass is 233 g/mol. The van der Waals surface area contributed by atoms with E-state index in [0.717, 1.165) is 23.4 Å². The molecule has 0 amide bonds. The first-order chi connectivity index (χ1) is 8.22. The minimum Gasteiger partial charge on any atom is -0.497 e. The third-order valence-corrected chi connectivity index (χ3v) is 2.91. The molecule has 0 spiro atoms. The third-order valence-electron chi connectivity index (χ3n) is 2.91. The van der Waals surface area contributed by atoms with Crippen molar-refractivity contribution in [3.63, 3.8) is 0 Å². The number of ether oxygens (including phenoxy) is 1. The highest BCUT2D eigenvalue weighted by atomic mass is 16.5. The molecule has 90 valence electrons. The molecule has 17 heavy (non-hydrogen) atoms. The fourth-order valence-corrected chi connectivity index (χ4v) is 1.99. The van der Waals surface area contributed by atoms with Gasteiger partial charge in [0.15, 0.2) is 0 Å². The zero-order chi connectivity index (χ0) is 12.3. The number of rotatable bonds is 3. The van der Waals surface area contributed by atoms with E-state index in [0.29, 0.717) is 18.5 Å². The third kappa shape index (κ3) is 2.47. The molecule has 0 atom stereocenters. The summed E-state index contributed by atoms with van der Waals surface area (Å²) >= 11 is 0. The van der Waals surface area contributed by atoms with Gasteiger partial charge in [-0.3, -0.25) is 0 Å². The summed E-state index contributed by atoms with van der Waals surface area (Å²) in [6.07, 6.45) is 0.566. The molecule has 2 rings (SSSR count). The molecule has 1 aliphatic rings. The molecule has 0 unspecified atom stereocenters. The average Bonchev–Trinajstić information content (AvgIpc) is 2.39. The second-order valence-electron chi connectivity index (χ2n) is 3.92. The Kier molecular flexibility index (Phi) is 3.44. The van der Waals surface area contributed by atoms with E-state index in [1.165, 1.54) is 0 Å². The number of carboxylic acids is 1. The van der Waals surface area contributed by atoms with Gasteiger partial charge in [-0.1, -0.05) is 12.1 Å². The number of carboxylic acid groups (broad SMARTS) is 1. The maximum Gasteiger partial charge on any atom is 0.331 e. The van der Waals surface area contributed by atoms with Crippen molar-refractivity contribution in [1.29, 1.82) is 0 Å². The highest BCUT2D eigenvalue weighted by molar-refractivity contribution is 5.97. The van der Waals surface area contributed by atoms with Crippen molar-refractivity contribution >= 4 is 11.5 Å². The molecule has 0 saturated carbocycles. The standard InChI is InChI=1S/C13H15NO3/c1-17-10-4-2-9(3-5-10)12-8-14-7-6-11(12)13(15)16/h2-5,14H,6-8H2,1H3,(H,15,16). The minimum absolute atomic E-state index is 0.508. The number of carbonyl (C=O) groups is 1. The Balaban J connectivity index is 2.38. The number of methoxy groups -OCH3 is 1. The van der Waals surface area contributed by atoms with E-state index in [2.05, 4.69) is 5.32 Å². The highest BCUT2D eigenvalue weighted by Gasteiger charge is 2.19. The summed E-state index contributed by atoms with van der Waals surface area (Å²) in [4.78, 5) is 11.2. The maximum absolute atomic E-state index is 11.2. The molecule has 4 nitrogen and oxygen atoms in total. The van der Waals surface area contributed by atoms with Crippen LogP contribution < -0.4 is 10.1 Å². The van der Waals surface area contributed by atoms with Gasteiger partial charge < -0.3 is 15.2 Å². The molecular formula is C13H15NO3. The van der Waals surface area contributed by atoms with E-state index in [1.807, 2.05) is 24.3 Å². The lowest BCUT2D eigenvalue weighted by Crippen LogP contribution is -2.27. The maximum atomic E-state index is 11.2. The smallest absolute Gasteiger partial charge is 0.331 e. The van der Waals surface area contributed by atoms with E-state index in [1.54, 1.807) is 7.11 Å². The molecule has 2 N–H and O–H groups in total. The van der Waals surface area contributed by atoms with Crippen LogP contribution in [-0.2, 0) is 4.79 Å². The van der Waals surface area contributed by atoms with Crippen LogP contribution in [0.25, 0.3) is 5.57 Å². The summed E-state index contributed by atoms with van der Waals surface area (Å²) in [5.74, 6) is -0.0488. The Hall–Kier alpha value is -1.81. The summed E-state index contributed by atoms with van der Waals surface area (Å²) in [5, 5.41) is 12.4. The molecule has 0 radical (unpaired) electrons. The number of hydrogen-bond donors (Lipinski definition) is 2. The second kappa shape index (κ2) is 5.01. The minimum atomic E-state index is -0.822. The number of benzene rings is 1. The van der Waals surface area contributed by atoms with Gasteiger partial charge in [-0.05, 0) is 36.2 Å². The fraction of sp³-hybridized carbons (Fsp3) is 0.308. The van der Waals surface area contributed by atoms with Crippen LogP contribution in [0.3, 0.4) is 0 Å². The van der Waals surface area contributed by atoms with Crippen molar-refractivity contribution in [3.8, 4) is 5.75 Å². The van der Waals surface area contributed by atoms with Gasteiger partial charge in [0, 0.05) is 12.1 Å². The Bertz CT molecular complexity index is 448. The molecule has 0 aliphatic carbocycles. The first-order valence-corrected chi connectivity index (χ1v) is 5.53. The van der Waals surface area contributed by atoms with E-state index < -0.39 is 5.97 Å². The Morgan fingerprint density at radius 2 is 2.06 bits per heavy atom. The SMILES string of the molecule is COc1ccc(C2=C(C(=O)O)CCNC2)cc1. The van der Waals surface area contributed by atoms with Gasteiger partial charge in [-0.15, -0.1) is 0 Å². The highest BCUT2D eigenvalue weighted by Crippen LogP contribution is 2.25. The normalized spacial score (nSPS) is 15.8. The summed E-state index contributed by atoms with van der Waals surface area (Å²) in [7, 11) is 1.61.